The van der Waals surface area contributed by atoms with E-state index in [1.54, 1.807) is 0 Å². The van der Waals surface area contributed by atoms with Crippen LogP contribution in [0.1, 0.15) is 39.5 Å². The van der Waals surface area contributed by atoms with Crippen LogP contribution in [0.5, 0.6) is 0 Å². The maximum absolute atomic E-state index is 11.6. The average molecular weight is 240 g/mol. The van der Waals surface area contributed by atoms with Gasteiger partial charge in [-0.15, -0.1) is 0 Å². The molecular weight excluding hydrogens is 212 g/mol. The maximum atomic E-state index is 11.6. The molecule has 0 radical (unpaired) electrons. The zero-order valence-electron chi connectivity index (χ0n) is 11.9. The number of nitrogens with zero attached hydrogens (tertiary/aromatic N) is 2. The molecule has 17 heavy (non-hydrogen) atoms. The monoisotopic (exact) mass is 240 g/mol. The van der Waals surface area contributed by atoms with E-state index in [1.807, 2.05) is 0 Å². The quantitative estimate of drug-likeness (QED) is 0.680. The number of likely N-dealkylation sites (N-methyl/N-ethyl adjacent to an activating group) is 2. The van der Waals surface area contributed by atoms with Gasteiger partial charge in [0.1, 0.15) is 5.78 Å². The van der Waals surface area contributed by atoms with Crippen LogP contribution in [0.3, 0.4) is 0 Å². The number of ketones is 1. The second-order valence-corrected chi connectivity index (χ2v) is 5.58. The van der Waals surface area contributed by atoms with Crippen LogP contribution >= 0.6 is 0 Å². The molecule has 1 saturated carbocycles. The lowest BCUT2D eigenvalue weighted by Crippen LogP contribution is -2.41. The van der Waals surface area contributed by atoms with Crippen LogP contribution in [0.25, 0.3) is 0 Å². The van der Waals surface area contributed by atoms with Crippen LogP contribution in [0.4, 0.5) is 0 Å². The molecule has 3 heteroatoms. The third-order valence-corrected chi connectivity index (χ3v) is 3.85. The summed E-state index contributed by atoms with van der Waals surface area (Å²) in [5.41, 5.74) is 0. The second-order valence-electron chi connectivity index (χ2n) is 5.58. The Hall–Kier alpha value is -0.410. The van der Waals surface area contributed by atoms with Crippen molar-refractivity contribution in [1.82, 2.24) is 9.80 Å². The Bertz CT molecular complexity index is 240. The fourth-order valence-corrected chi connectivity index (χ4v) is 2.85. The number of carbonyl (C=O) groups is 1. The first kappa shape index (κ1) is 14.7. The highest BCUT2D eigenvalue weighted by molar-refractivity contribution is 5.82. The van der Waals surface area contributed by atoms with E-state index in [0.717, 1.165) is 45.3 Å². The van der Waals surface area contributed by atoms with Gasteiger partial charge in [0.05, 0.1) is 0 Å². The molecule has 0 aliphatic heterocycles. The first-order valence-corrected chi connectivity index (χ1v) is 6.96. The van der Waals surface area contributed by atoms with Gasteiger partial charge in [-0.05, 0) is 53.4 Å². The normalized spacial score (nSPS) is 22.7. The summed E-state index contributed by atoms with van der Waals surface area (Å²) in [5.74, 6) is 0.858. The largest absolute Gasteiger partial charge is 0.308 e. The van der Waals surface area contributed by atoms with Gasteiger partial charge in [0, 0.05) is 24.9 Å². The van der Waals surface area contributed by atoms with Crippen molar-refractivity contribution < 1.29 is 4.79 Å². The topological polar surface area (TPSA) is 23.6 Å². The summed E-state index contributed by atoms with van der Waals surface area (Å²) in [6.07, 6.45) is 4.12. The van der Waals surface area contributed by atoms with Crippen LogP contribution in [0, 0.1) is 5.92 Å². The van der Waals surface area contributed by atoms with Crippen molar-refractivity contribution in [1.29, 1.82) is 0 Å². The molecule has 0 bridgehead atoms. The lowest BCUT2D eigenvalue weighted by atomic mass is 10.0. The van der Waals surface area contributed by atoms with Crippen molar-refractivity contribution in [2.75, 3.05) is 33.7 Å². The predicted molar refractivity (Wildman–Crippen MR) is 72.2 cm³/mol. The molecule has 0 heterocycles. The summed E-state index contributed by atoms with van der Waals surface area (Å²) in [7, 11) is 4.23. The second kappa shape index (κ2) is 7.12. The van der Waals surface area contributed by atoms with Gasteiger partial charge in [-0.25, -0.2) is 0 Å². The summed E-state index contributed by atoms with van der Waals surface area (Å²) >= 11 is 0. The smallest absolute Gasteiger partial charge is 0.136 e. The van der Waals surface area contributed by atoms with Gasteiger partial charge in [0.25, 0.3) is 0 Å². The molecule has 2 atom stereocenters. The molecule has 1 rings (SSSR count). The van der Waals surface area contributed by atoms with Gasteiger partial charge in [-0.1, -0.05) is 6.92 Å². The molecule has 1 aliphatic carbocycles. The van der Waals surface area contributed by atoms with E-state index in [2.05, 4.69) is 37.7 Å². The molecule has 2 unspecified atom stereocenters. The van der Waals surface area contributed by atoms with Crippen LogP contribution in [0.15, 0.2) is 0 Å². The lowest BCUT2D eigenvalue weighted by molar-refractivity contribution is -0.120. The zero-order valence-corrected chi connectivity index (χ0v) is 11.9. The van der Waals surface area contributed by atoms with E-state index in [-0.39, 0.29) is 0 Å². The first-order valence-electron chi connectivity index (χ1n) is 6.96. The number of hydrogen-bond acceptors (Lipinski definition) is 3. The average Bonchev–Trinajstić information content (AvgIpc) is 2.64. The molecule has 3 nitrogen and oxygen atoms in total. The van der Waals surface area contributed by atoms with E-state index in [1.165, 1.54) is 0 Å². The van der Waals surface area contributed by atoms with Gasteiger partial charge in [-0.2, -0.15) is 0 Å². The van der Waals surface area contributed by atoms with Gasteiger partial charge >= 0.3 is 0 Å². The summed E-state index contributed by atoms with van der Waals surface area (Å²) in [5, 5.41) is 0. The standard InChI is InChI=1S/C14H28N2O/c1-5-16(12(2)11-15(3)4)10-9-13-7-6-8-14(13)17/h12-13H,5-11H2,1-4H3. The van der Waals surface area contributed by atoms with E-state index in [4.69, 9.17) is 0 Å². The molecule has 1 aliphatic rings. The summed E-state index contributed by atoms with van der Waals surface area (Å²) in [6, 6.07) is 0.575. The number of Topliss-reactive ketones (excluding diaryl/α,β-unsaturated/α-hetero) is 1. The molecule has 0 aromatic heterocycles. The Morgan fingerprint density at radius 3 is 2.59 bits per heavy atom. The van der Waals surface area contributed by atoms with E-state index in [9.17, 15) is 4.79 Å². The van der Waals surface area contributed by atoms with Crippen LogP contribution in [-0.2, 0) is 4.79 Å². The molecule has 0 amide bonds. The lowest BCUT2D eigenvalue weighted by Gasteiger charge is -2.30. The first-order chi connectivity index (χ1) is 8.04. The number of carbonyl (C=O) groups excluding carboxylic acids is 1. The molecule has 0 aromatic carbocycles. The number of hydrogen-bond donors (Lipinski definition) is 0. The Balaban J connectivity index is 2.33. The van der Waals surface area contributed by atoms with Gasteiger partial charge in [-0.3, -0.25) is 9.69 Å². The third-order valence-electron chi connectivity index (χ3n) is 3.85. The minimum atomic E-state index is 0.357. The van der Waals surface area contributed by atoms with Crippen molar-refractivity contribution in [2.45, 2.75) is 45.6 Å². The Morgan fingerprint density at radius 2 is 2.12 bits per heavy atom. The number of rotatable bonds is 7. The molecule has 100 valence electrons. The molecule has 0 saturated heterocycles. The van der Waals surface area contributed by atoms with Gasteiger partial charge in [0.15, 0.2) is 0 Å². The van der Waals surface area contributed by atoms with Crippen molar-refractivity contribution in [2.24, 2.45) is 5.92 Å². The fourth-order valence-electron chi connectivity index (χ4n) is 2.85. The van der Waals surface area contributed by atoms with Crippen molar-refractivity contribution >= 4 is 5.78 Å². The van der Waals surface area contributed by atoms with Gasteiger partial charge in [0.2, 0.25) is 0 Å². The summed E-state index contributed by atoms with van der Waals surface area (Å²) in [4.78, 5) is 16.3. The fraction of sp³-hybridized carbons (Fsp3) is 0.929. The summed E-state index contributed by atoms with van der Waals surface area (Å²) < 4.78 is 0. The van der Waals surface area contributed by atoms with Crippen LogP contribution in [0.2, 0.25) is 0 Å². The van der Waals surface area contributed by atoms with E-state index >= 15 is 0 Å². The predicted octanol–water partition coefficient (Wildman–Crippen LogP) is 2.02. The highest BCUT2D eigenvalue weighted by atomic mass is 16.1. The van der Waals surface area contributed by atoms with Crippen molar-refractivity contribution in [3.05, 3.63) is 0 Å². The molecular formula is C14H28N2O. The molecule has 0 N–H and O–H groups in total. The van der Waals surface area contributed by atoms with E-state index < -0.39 is 0 Å². The van der Waals surface area contributed by atoms with Crippen LogP contribution in [-0.4, -0.2) is 55.4 Å². The zero-order chi connectivity index (χ0) is 12.8. The highest BCUT2D eigenvalue weighted by Crippen LogP contribution is 2.24. The third kappa shape index (κ3) is 4.76. The SMILES string of the molecule is CCN(CCC1CCCC1=O)C(C)CN(C)C. The minimum absolute atomic E-state index is 0.357. The Kier molecular flexibility index (Phi) is 6.14. The Morgan fingerprint density at radius 1 is 1.41 bits per heavy atom. The Labute approximate surface area is 106 Å². The highest BCUT2D eigenvalue weighted by Gasteiger charge is 2.25. The molecule has 0 aromatic rings. The molecule has 1 fully saturated rings. The summed E-state index contributed by atoms with van der Waals surface area (Å²) in [6.45, 7) is 7.73. The molecule has 0 spiro atoms. The van der Waals surface area contributed by atoms with Gasteiger partial charge < -0.3 is 4.90 Å². The maximum Gasteiger partial charge on any atom is 0.136 e. The minimum Gasteiger partial charge on any atom is -0.308 e. The van der Waals surface area contributed by atoms with Crippen LogP contribution < -0.4 is 0 Å². The van der Waals surface area contributed by atoms with Crippen molar-refractivity contribution in [3.8, 4) is 0 Å². The van der Waals surface area contributed by atoms with Crippen molar-refractivity contribution in [3.63, 3.8) is 0 Å². The van der Waals surface area contributed by atoms with E-state index in [0.29, 0.717) is 17.7 Å².